The van der Waals surface area contributed by atoms with Crippen LogP contribution in [0.2, 0.25) is 0 Å². The lowest BCUT2D eigenvalue weighted by Gasteiger charge is -2.18. The van der Waals surface area contributed by atoms with Gasteiger partial charge in [-0.05, 0) is 37.5 Å². The lowest BCUT2D eigenvalue weighted by atomic mass is 10.00. The molecule has 0 bridgehead atoms. The molecule has 1 aromatic carbocycles. The number of hydrogen-bond donors (Lipinski definition) is 2. The molecule has 2 N–H and O–H groups in total. The van der Waals surface area contributed by atoms with Crippen LogP contribution in [0.3, 0.4) is 0 Å². The second kappa shape index (κ2) is 8.15. The van der Waals surface area contributed by atoms with Gasteiger partial charge in [-0.25, -0.2) is 13.1 Å². The molecule has 1 amide bonds. The minimum atomic E-state index is -3.89. The van der Waals surface area contributed by atoms with Crippen molar-refractivity contribution in [2.75, 3.05) is 18.5 Å². The fraction of sp³-hybridized carbons (Fsp3) is 0.471. The van der Waals surface area contributed by atoms with Crippen LogP contribution in [0.15, 0.2) is 27.6 Å². The largest absolute Gasteiger partial charge is 0.381 e. The average molecular weight is 394 g/mol. The normalized spacial score (nSPS) is 15.6. The van der Waals surface area contributed by atoms with Crippen molar-refractivity contribution < 1.29 is 22.5 Å². The first-order chi connectivity index (χ1) is 12.8. The third-order valence-corrected chi connectivity index (χ3v) is 5.66. The molecule has 0 radical (unpaired) electrons. The number of ether oxygens (including phenoxy) is 1. The van der Waals surface area contributed by atoms with E-state index < -0.39 is 10.0 Å². The van der Waals surface area contributed by atoms with Gasteiger partial charge >= 0.3 is 0 Å². The van der Waals surface area contributed by atoms with Gasteiger partial charge in [0.15, 0.2) is 5.82 Å². The summed E-state index contributed by atoms with van der Waals surface area (Å²) in [4.78, 5) is 15.6. The summed E-state index contributed by atoms with van der Waals surface area (Å²) in [5, 5.41) is 6.48. The molecule has 0 unspecified atom stereocenters. The van der Waals surface area contributed by atoms with Crippen molar-refractivity contribution in [3.63, 3.8) is 0 Å². The van der Waals surface area contributed by atoms with Gasteiger partial charge in [0.1, 0.15) is 4.90 Å². The number of amides is 1. The standard InChI is InChI=1S/C17H22N4O5S/c1-11-3-4-14(19-12(2)22)15(9-11)27(23,24)18-10-16-20-17(21-26-16)13-5-7-25-8-6-13/h3-4,9,13,18H,5-8,10H2,1-2H3,(H,19,22). The first-order valence-corrected chi connectivity index (χ1v) is 10.1. The predicted molar refractivity (Wildman–Crippen MR) is 96.6 cm³/mol. The van der Waals surface area contributed by atoms with E-state index in [-0.39, 0.29) is 34.8 Å². The van der Waals surface area contributed by atoms with E-state index in [1.54, 1.807) is 19.1 Å². The summed E-state index contributed by atoms with van der Waals surface area (Å²) in [6, 6.07) is 4.78. The lowest BCUT2D eigenvalue weighted by molar-refractivity contribution is -0.114. The Kier molecular flexibility index (Phi) is 5.88. The molecular weight excluding hydrogens is 372 g/mol. The first kappa shape index (κ1) is 19.5. The van der Waals surface area contributed by atoms with Gasteiger partial charge in [-0.1, -0.05) is 11.2 Å². The van der Waals surface area contributed by atoms with E-state index in [0.717, 1.165) is 18.4 Å². The topological polar surface area (TPSA) is 123 Å². The van der Waals surface area contributed by atoms with Crippen molar-refractivity contribution >= 4 is 21.6 Å². The molecule has 146 valence electrons. The highest BCUT2D eigenvalue weighted by molar-refractivity contribution is 7.89. The van der Waals surface area contributed by atoms with E-state index in [1.807, 2.05) is 0 Å². The fourth-order valence-corrected chi connectivity index (χ4v) is 4.06. The highest BCUT2D eigenvalue weighted by Gasteiger charge is 2.23. The number of carbonyl (C=O) groups is 1. The average Bonchev–Trinajstić information content (AvgIpc) is 3.11. The number of anilines is 1. The molecule has 1 fully saturated rings. The van der Waals surface area contributed by atoms with Crippen LogP contribution in [0.1, 0.15) is 43.0 Å². The number of hydrogen-bond acceptors (Lipinski definition) is 7. The molecule has 0 atom stereocenters. The summed E-state index contributed by atoms with van der Waals surface area (Å²) in [6.07, 6.45) is 1.63. The maximum atomic E-state index is 12.7. The molecule has 0 aliphatic carbocycles. The van der Waals surface area contributed by atoms with Crippen LogP contribution >= 0.6 is 0 Å². The Morgan fingerprint density at radius 3 is 2.74 bits per heavy atom. The Balaban J connectivity index is 1.73. The molecular formula is C17H22N4O5S. The number of nitrogens with one attached hydrogen (secondary N) is 2. The molecule has 1 aliphatic rings. The van der Waals surface area contributed by atoms with Gasteiger partial charge in [-0.3, -0.25) is 4.79 Å². The fourth-order valence-electron chi connectivity index (χ4n) is 2.84. The number of benzene rings is 1. The van der Waals surface area contributed by atoms with E-state index in [2.05, 4.69) is 20.2 Å². The Hall–Kier alpha value is -2.30. The SMILES string of the molecule is CC(=O)Nc1ccc(C)cc1S(=O)(=O)NCc1nc(C2CCOCC2)no1. The molecule has 3 rings (SSSR count). The van der Waals surface area contributed by atoms with Crippen LogP contribution in [-0.2, 0) is 26.1 Å². The van der Waals surface area contributed by atoms with Crippen LogP contribution in [0.5, 0.6) is 0 Å². The van der Waals surface area contributed by atoms with Crippen molar-refractivity contribution in [1.29, 1.82) is 0 Å². The number of nitrogens with zero attached hydrogens (tertiary/aromatic N) is 2. The Bertz CT molecular complexity index is 919. The van der Waals surface area contributed by atoms with Crippen molar-refractivity contribution in [2.24, 2.45) is 0 Å². The number of aryl methyl sites for hydroxylation is 1. The van der Waals surface area contributed by atoms with Gasteiger partial charge in [0, 0.05) is 26.1 Å². The van der Waals surface area contributed by atoms with Crippen LogP contribution in [0, 0.1) is 6.92 Å². The quantitative estimate of drug-likeness (QED) is 0.764. The monoisotopic (exact) mass is 394 g/mol. The smallest absolute Gasteiger partial charge is 0.243 e. The van der Waals surface area contributed by atoms with E-state index in [0.29, 0.717) is 19.0 Å². The van der Waals surface area contributed by atoms with Crippen molar-refractivity contribution in [2.45, 2.75) is 44.0 Å². The summed E-state index contributed by atoms with van der Waals surface area (Å²) in [6.45, 7) is 4.27. The third kappa shape index (κ3) is 4.90. The molecule has 0 spiro atoms. The number of aromatic nitrogens is 2. The van der Waals surface area contributed by atoms with E-state index >= 15 is 0 Å². The zero-order chi connectivity index (χ0) is 19.4. The van der Waals surface area contributed by atoms with Crippen LogP contribution in [0.25, 0.3) is 0 Å². The van der Waals surface area contributed by atoms with E-state index in [1.165, 1.54) is 13.0 Å². The second-order valence-corrected chi connectivity index (χ2v) is 8.17. The molecule has 1 aromatic heterocycles. The number of sulfonamides is 1. The van der Waals surface area contributed by atoms with Gasteiger partial charge < -0.3 is 14.6 Å². The first-order valence-electron chi connectivity index (χ1n) is 8.63. The highest BCUT2D eigenvalue weighted by Crippen LogP contribution is 2.25. The van der Waals surface area contributed by atoms with Crippen LogP contribution in [0.4, 0.5) is 5.69 Å². The molecule has 10 heteroatoms. The van der Waals surface area contributed by atoms with Crippen molar-refractivity contribution in [1.82, 2.24) is 14.9 Å². The van der Waals surface area contributed by atoms with E-state index in [9.17, 15) is 13.2 Å². The van der Waals surface area contributed by atoms with E-state index in [4.69, 9.17) is 9.26 Å². The zero-order valence-electron chi connectivity index (χ0n) is 15.2. The second-order valence-electron chi connectivity index (χ2n) is 6.44. The predicted octanol–water partition coefficient (Wildman–Crippen LogP) is 1.71. The Labute approximate surface area is 157 Å². The molecule has 2 heterocycles. The third-order valence-electron chi connectivity index (χ3n) is 4.22. The highest BCUT2D eigenvalue weighted by atomic mass is 32.2. The van der Waals surface area contributed by atoms with Gasteiger partial charge in [0.05, 0.1) is 12.2 Å². The molecule has 0 saturated carbocycles. The molecule has 1 aliphatic heterocycles. The Morgan fingerprint density at radius 2 is 2.04 bits per heavy atom. The van der Waals surface area contributed by atoms with Crippen molar-refractivity contribution in [3.05, 3.63) is 35.5 Å². The van der Waals surface area contributed by atoms with Crippen LogP contribution in [-0.4, -0.2) is 37.7 Å². The maximum Gasteiger partial charge on any atom is 0.243 e. The maximum absolute atomic E-state index is 12.7. The summed E-state index contributed by atoms with van der Waals surface area (Å²) in [7, 11) is -3.89. The molecule has 27 heavy (non-hydrogen) atoms. The molecule has 9 nitrogen and oxygen atoms in total. The molecule has 1 saturated heterocycles. The van der Waals surface area contributed by atoms with Crippen LogP contribution < -0.4 is 10.0 Å². The van der Waals surface area contributed by atoms with Gasteiger partial charge in [-0.2, -0.15) is 4.98 Å². The lowest BCUT2D eigenvalue weighted by Crippen LogP contribution is -2.25. The van der Waals surface area contributed by atoms with Gasteiger partial charge in [-0.15, -0.1) is 0 Å². The summed E-state index contributed by atoms with van der Waals surface area (Å²) >= 11 is 0. The minimum absolute atomic E-state index is 0.0122. The summed E-state index contributed by atoms with van der Waals surface area (Å²) in [5.41, 5.74) is 0.970. The summed E-state index contributed by atoms with van der Waals surface area (Å²) < 4.78 is 38.3. The minimum Gasteiger partial charge on any atom is -0.381 e. The zero-order valence-corrected chi connectivity index (χ0v) is 16.0. The number of rotatable bonds is 6. The van der Waals surface area contributed by atoms with Gasteiger partial charge in [0.25, 0.3) is 0 Å². The Morgan fingerprint density at radius 1 is 1.30 bits per heavy atom. The van der Waals surface area contributed by atoms with Crippen molar-refractivity contribution in [3.8, 4) is 0 Å². The molecule has 2 aromatic rings. The summed E-state index contributed by atoms with van der Waals surface area (Å²) in [5.74, 6) is 0.570. The van der Waals surface area contributed by atoms with Gasteiger partial charge in [0.2, 0.25) is 21.8 Å². The number of carbonyl (C=O) groups excluding carboxylic acids is 1.